The van der Waals surface area contributed by atoms with Gasteiger partial charge in [-0.1, -0.05) is 0 Å². The van der Waals surface area contributed by atoms with Gasteiger partial charge in [0.05, 0.1) is 5.69 Å². The van der Waals surface area contributed by atoms with E-state index in [1.54, 1.807) is 0 Å². The van der Waals surface area contributed by atoms with E-state index in [0.29, 0.717) is 0 Å². The maximum absolute atomic E-state index is 5.58. The second kappa shape index (κ2) is 3.03. The van der Waals surface area contributed by atoms with Gasteiger partial charge in [0.2, 0.25) is 0 Å². The minimum atomic E-state index is 0. The number of imidazole rings is 1. The van der Waals surface area contributed by atoms with E-state index in [4.69, 9.17) is 5.73 Å². The molecule has 0 aromatic carbocycles. The number of nitrogen functional groups attached to an aromatic ring is 1. The van der Waals surface area contributed by atoms with Crippen LogP contribution in [0.2, 0.25) is 0 Å². The van der Waals surface area contributed by atoms with Crippen LogP contribution in [0.1, 0.15) is 5.69 Å². The largest absolute Gasteiger partial charge is 0.398 e. The van der Waals surface area contributed by atoms with E-state index < -0.39 is 0 Å². The van der Waals surface area contributed by atoms with Gasteiger partial charge < -0.3 is 10.1 Å². The molecule has 0 saturated heterocycles. The van der Waals surface area contributed by atoms with Gasteiger partial charge >= 0.3 is 0 Å². The molecule has 0 radical (unpaired) electrons. The van der Waals surface area contributed by atoms with Gasteiger partial charge in [-0.2, -0.15) is 0 Å². The number of nitrogens with two attached hydrogens (primary N) is 1. The number of halogens is 1. The smallest absolute Gasteiger partial charge is 0.137 e. The zero-order valence-corrected chi connectivity index (χ0v) is 7.51. The molecule has 0 aliphatic rings. The lowest BCUT2D eigenvalue weighted by Crippen LogP contribution is -1.88. The Labute approximate surface area is 76.6 Å². The summed E-state index contributed by atoms with van der Waals surface area (Å²) in [6, 6.07) is 3.75. The van der Waals surface area contributed by atoms with Crippen LogP contribution in [0.5, 0.6) is 0 Å². The molecular weight excluding hydrogens is 174 g/mol. The molecule has 64 valence electrons. The maximum atomic E-state index is 5.58. The molecule has 2 N–H and O–H groups in total. The van der Waals surface area contributed by atoms with E-state index in [0.717, 1.165) is 17.0 Å². The van der Waals surface area contributed by atoms with Crippen LogP contribution in [0.25, 0.3) is 5.65 Å². The molecule has 2 rings (SSSR count). The van der Waals surface area contributed by atoms with Crippen LogP contribution in [0, 0.1) is 6.92 Å². The van der Waals surface area contributed by atoms with Crippen molar-refractivity contribution in [2.45, 2.75) is 6.92 Å². The SMILES string of the molecule is Cc1cn2cc(N)ccc2n1.Cl. The van der Waals surface area contributed by atoms with Crippen molar-refractivity contribution in [2.24, 2.45) is 0 Å². The number of hydrogen-bond acceptors (Lipinski definition) is 2. The summed E-state index contributed by atoms with van der Waals surface area (Å²) in [5.41, 5.74) is 8.29. The van der Waals surface area contributed by atoms with Crippen molar-refractivity contribution in [3.8, 4) is 0 Å². The first-order valence-electron chi connectivity index (χ1n) is 3.46. The number of pyridine rings is 1. The molecule has 0 amide bonds. The fourth-order valence-corrected chi connectivity index (χ4v) is 1.14. The molecular formula is C8H10ClN3. The molecule has 0 saturated carbocycles. The molecule has 0 fully saturated rings. The molecule has 0 atom stereocenters. The molecule has 0 aliphatic carbocycles. The second-order valence-corrected chi connectivity index (χ2v) is 2.61. The van der Waals surface area contributed by atoms with Crippen LogP contribution >= 0.6 is 12.4 Å². The summed E-state index contributed by atoms with van der Waals surface area (Å²) < 4.78 is 1.92. The van der Waals surface area contributed by atoms with Crippen molar-refractivity contribution in [1.29, 1.82) is 0 Å². The first-order chi connectivity index (χ1) is 5.25. The quantitative estimate of drug-likeness (QED) is 0.675. The number of nitrogens with zero attached hydrogens (tertiary/aromatic N) is 2. The van der Waals surface area contributed by atoms with E-state index in [1.165, 1.54) is 0 Å². The lowest BCUT2D eigenvalue weighted by atomic mass is 10.4. The van der Waals surface area contributed by atoms with Gasteiger partial charge in [-0.15, -0.1) is 12.4 Å². The number of anilines is 1. The number of aryl methyl sites for hydroxylation is 1. The number of rotatable bonds is 0. The summed E-state index contributed by atoms with van der Waals surface area (Å²) in [7, 11) is 0. The third-order valence-electron chi connectivity index (χ3n) is 1.59. The van der Waals surface area contributed by atoms with E-state index in [1.807, 2.05) is 35.9 Å². The van der Waals surface area contributed by atoms with Crippen molar-refractivity contribution >= 4 is 23.7 Å². The normalized spacial score (nSPS) is 9.75. The molecule has 12 heavy (non-hydrogen) atoms. The van der Waals surface area contributed by atoms with Crippen LogP contribution in [0.4, 0.5) is 5.69 Å². The lowest BCUT2D eigenvalue weighted by molar-refractivity contribution is 1.19. The third-order valence-corrected chi connectivity index (χ3v) is 1.59. The first-order valence-corrected chi connectivity index (χ1v) is 3.46. The summed E-state index contributed by atoms with van der Waals surface area (Å²) in [5, 5.41) is 0. The van der Waals surface area contributed by atoms with Gasteiger partial charge in [-0.05, 0) is 19.1 Å². The standard InChI is InChI=1S/C8H9N3.ClH/c1-6-4-11-5-7(9)2-3-8(11)10-6;/h2-5H,9H2,1H3;1H. The average molecular weight is 184 g/mol. The van der Waals surface area contributed by atoms with Gasteiger partial charge in [-0.3, -0.25) is 0 Å². The van der Waals surface area contributed by atoms with Crippen LogP contribution < -0.4 is 5.73 Å². The van der Waals surface area contributed by atoms with Gasteiger partial charge in [0.25, 0.3) is 0 Å². The molecule has 0 aliphatic heterocycles. The van der Waals surface area contributed by atoms with Crippen molar-refractivity contribution in [2.75, 3.05) is 5.73 Å². The van der Waals surface area contributed by atoms with Crippen LogP contribution in [0.15, 0.2) is 24.5 Å². The Morgan fingerprint density at radius 1 is 1.33 bits per heavy atom. The summed E-state index contributed by atoms with van der Waals surface area (Å²) in [6.45, 7) is 1.96. The highest BCUT2D eigenvalue weighted by atomic mass is 35.5. The summed E-state index contributed by atoms with van der Waals surface area (Å²) in [5.74, 6) is 0. The Morgan fingerprint density at radius 3 is 2.83 bits per heavy atom. The molecule has 0 unspecified atom stereocenters. The summed E-state index contributed by atoms with van der Waals surface area (Å²) in [4.78, 5) is 4.26. The Kier molecular flexibility index (Phi) is 2.24. The van der Waals surface area contributed by atoms with Crippen LogP contribution in [0.3, 0.4) is 0 Å². The van der Waals surface area contributed by atoms with Gasteiger partial charge in [0.15, 0.2) is 0 Å². The topological polar surface area (TPSA) is 43.3 Å². The Balaban J connectivity index is 0.000000720. The molecule has 3 nitrogen and oxygen atoms in total. The van der Waals surface area contributed by atoms with Crippen LogP contribution in [-0.4, -0.2) is 9.38 Å². The zero-order chi connectivity index (χ0) is 7.84. The first kappa shape index (κ1) is 8.87. The van der Waals surface area contributed by atoms with E-state index >= 15 is 0 Å². The Bertz CT molecular complexity index is 394. The summed E-state index contributed by atoms with van der Waals surface area (Å²) >= 11 is 0. The maximum Gasteiger partial charge on any atom is 0.137 e. The van der Waals surface area contributed by atoms with E-state index in [2.05, 4.69) is 4.98 Å². The minimum Gasteiger partial charge on any atom is -0.398 e. The number of fused-ring (bicyclic) bond motifs is 1. The van der Waals surface area contributed by atoms with E-state index in [-0.39, 0.29) is 12.4 Å². The fraction of sp³-hybridized carbons (Fsp3) is 0.125. The Hall–Kier alpha value is -1.22. The van der Waals surface area contributed by atoms with Gasteiger partial charge in [0.1, 0.15) is 5.65 Å². The average Bonchev–Trinajstić information content (AvgIpc) is 2.27. The highest BCUT2D eigenvalue weighted by Gasteiger charge is 1.95. The molecule has 2 aromatic rings. The molecule has 0 spiro atoms. The van der Waals surface area contributed by atoms with Gasteiger partial charge in [0, 0.05) is 18.1 Å². The Morgan fingerprint density at radius 2 is 2.08 bits per heavy atom. The third kappa shape index (κ3) is 1.36. The minimum absolute atomic E-state index is 0. The molecule has 2 aromatic heterocycles. The van der Waals surface area contributed by atoms with Crippen molar-refractivity contribution in [3.05, 3.63) is 30.2 Å². The van der Waals surface area contributed by atoms with Crippen molar-refractivity contribution < 1.29 is 0 Å². The van der Waals surface area contributed by atoms with Gasteiger partial charge in [-0.25, -0.2) is 4.98 Å². The van der Waals surface area contributed by atoms with Crippen molar-refractivity contribution in [3.63, 3.8) is 0 Å². The summed E-state index contributed by atoms with van der Waals surface area (Å²) in [6.07, 6.45) is 3.81. The molecule has 0 bridgehead atoms. The highest BCUT2D eigenvalue weighted by Crippen LogP contribution is 2.07. The predicted octanol–water partition coefficient (Wildman–Crippen LogP) is 1.65. The highest BCUT2D eigenvalue weighted by molar-refractivity contribution is 5.85. The number of aromatic nitrogens is 2. The monoisotopic (exact) mass is 183 g/mol. The van der Waals surface area contributed by atoms with Crippen LogP contribution in [-0.2, 0) is 0 Å². The number of hydrogen-bond donors (Lipinski definition) is 1. The molecule has 2 heterocycles. The predicted molar refractivity (Wildman–Crippen MR) is 51.6 cm³/mol. The lowest BCUT2D eigenvalue weighted by Gasteiger charge is -1.93. The van der Waals surface area contributed by atoms with E-state index in [9.17, 15) is 0 Å². The fourth-order valence-electron chi connectivity index (χ4n) is 1.14. The zero-order valence-electron chi connectivity index (χ0n) is 6.69. The second-order valence-electron chi connectivity index (χ2n) is 2.61. The molecule has 4 heteroatoms. The van der Waals surface area contributed by atoms with Crippen molar-refractivity contribution in [1.82, 2.24) is 9.38 Å².